The van der Waals surface area contributed by atoms with Gasteiger partial charge in [0.1, 0.15) is 6.61 Å². The van der Waals surface area contributed by atoms with Crippen molar-refractivity contribution >= 4 is 17.6 Å². The lowest BCUT2D eigenvalue weighted by atomic mass is 9.76. The van der Waals surface area contributed by atoms with Gasteiger partial charge in [-0.1, -0.05) is 13.8 Å². The van der Waals surface area contributed by atoms with Gasteiger partial charge in [-0.05, 0) is 37.5 Å². The second kappa shape index (κ2) is 6.48. The number of hydrogen-bond acceptors (Lipinski definition) is 4. The van der Waals surface area contributed by atoms with E-state index >= 15 is 0 Å². The standard InChI is InChI=1S/C15H23NO4/c1-10(2)11-3-5-12(6-4-11)13(17)9-20-16-14(18)7-8-15(16)19/h10-12H,3-9H2,1-2H3. The highest BCUT2D eigenvalue weighted by Crippen LogP contribution is 2.33. The van der Waals surface area contributed by atoms with Crippen LogP contribution in [0.25, 0.3) is 0 Å². The van der Waals surface area contributed by atoms with E-state index in [1.807, 2.05) is 0 Å². The number of carbonyl (C=O) groups is 3. The van der Waals surface area contributed by atoms with Gasteiger partial charge >= 0.3 is 0 Å². The van der Waals surface area contributed by atoms with Crippen molar-refractivity contribution in [2.45, 2.75) is 52.4 Å². The van der Waals surface area contributed by atoms with Crippen LogP contribution in [0.1, 0.15) is 52.4 Å². The van der Waals surface area contributed by atoms with Crippen LogP contribution in [0.2, 0.25) is 0 Å². The van der Waals surface area contributed by atoms with E-state index in [1.54, 1.807) is 0 Å². The third-order valence-electron chi connectivity index (χ3n) is 4.51. The molecule has 0 unspecified atom stereocenters. The molecule has 0 aromatic heterocycles. The Balaban J connectivity index is 1.76. The number of Topliss-reactive ketones (excluding diaryl/α,β-unsaturated/α-hetero) is 1. The monoisotopic (exact) mass is 281 g/mol. The SMILES string of the molecule is CC(C)C1CCC(C(=O)CON2C(=O)CCC2=O)CC1. The zero-order chi connectivity index (χ0) is 14.7. The molecule has 2 aliphatic rings. The summed E-state index contributed by atoms with van der Waals surface area (Å²) in [6, 6.07) is 0. The van der Waals surface area contributed by atoms with Crippen LogP contribution in [0.5, 0.6) is 0 Å². The van der Waals surface area contributed by atoms with Gasteiger partial charge in [-0.3, -0.25) is 19.2 Å². The summed E-state index contributed by atoms with van der Waals surface area (Å²) >= 11 is 0. The summed E-state index contributed by atoms with van der Waals surface area (Å²) in [5, 5.41) is 0.762. The Hall–Kier alpha value is -1.23. The molecule has 112 valence electrons. The van der Waals surface area contributed by atoms with Crippen LogP contribution < -0.4 is 0 Å². The number of hydroxylamine groups is 2. The second-order valence-corrected chi connectivity index (χ2v) is 6.18. The number of imide groups is 1. The van der Waals surface area contributed by atoms with E-state index in [1.165, 1.54) is 0 Å². The zero-order valence-corrected chi connectivity index (χ0v) is 12.3. The highest BCUT2D eigenvalue weighted by atomic mass is 16.7. The normalized spacial score (nSPS) is 27.4. The van der Waals surface area contributed by atoms with E-state index in [2.05, 4.69) is 13.8 Å². The fourth-order valence-corrected chi connectivity index (χ4v) is 3.05. The van der Waals surface area contributed by atoms with Gasteiger partial charge in [0.15, 0.2) is 5.78 Å². The molecular weight excluding hydrogens is 258 g/mol. The van der Waals surface area contributed by atoms with Gasteiger partial charge in [0.2, 0.25) is 0 Å². The molecule has 1 aliphatic heterocycles. The lowest BCUT2D eigenvalue weighted by molar-refractivity contribution is -0.189. The van der Waals surface area contributed by atoms with Crippen LogP contribution in [-0.2, 0) is 19.2 Å². The fourth-order valence-electron chi connectivity index (χ4n) is 3.05. The first-order valence-corrected chi connectivity index (χ1v) is 7.50. The molecule has 2 fully saturated rings. The Labute approximate surface area is 119 Å². The van der Waals surface area contributed by atoms with Gasteiger partial charge in [0.05, 0.1) is 0 Å². The summed E-state index contributed by atoms with van der Waals surface area (Å²) in [5.74, 6) is 0.735. The molecule has 0 aromatic rings. The Morgan fingerprint density at radius 1 is 1.15 bits per heavy atom. The molecular formula is C15H23NO4. The fraction of sp³-hybridized carbons (Fsp3) is 0.800. The number of ketones is 1. The summed E-state index contributed by atoms with van der Waals surface area (Å²) in [6.07, 6.45) is 4.32. The average molecular weight is 281 g/mol. The molecule has 0 radical (unpaired) electrons. The van der Waals surface area contributed by atoms with Crippen LogP contribution in [0.3, 0.4) is 0 Å². The van der Waals surface area contributed by atoms with E-state index in [0.29, 0.717) is 11.8 Å². The topological polar surface area (TPSA) is 63.7 Å². The van der Waals surface area contributed by atoms with Crippen molar-refractivity contribution in [3.63, 3.8) is 0 Å². The van der Waals surface area contributed by atoms with E-state index in [-0.39, 0.29) is 43.0 Å². The van der Waals surface area contributed by atoms with Crippen LogP contribution in [0.15, 0.2) is 0 Å². The molecule has 0 bridgehead atoms. The van der Waals surface area contributed by atoms with Crippen molar-refractivity contribution in [2.24, 2.45) is 17.8 Å². The van der Waals surface area contributed by atoms with Gasteiger partial charge in [-0.2, -0.15) is 5.06 Å². The number of rotatable bonds is 5. The van der Waals surface area contributed by atoms with Crippen LogP contribution in [0.4, 0.5) is 0 Å². The maximum Gasteiger partial charge on any atom is 0.254 e. The predicted octanol–water partition coefficient (Wildman–Crippen LogP) is 2.10. The maximum absolute atomic E-state index is 12.1. The third-order valence-corrected chi connectivity index (χ3v) is 4.51. The highest BCUT2D eigenvalue weighted by molar-refractivity contribution is 6.00. The average Bonchev–Trinajstić information content (AvgIpc) is 2.75. The lowest BCUT2D eigenvalue weighted by Gasteiger charge is -2.30. The molecule has 1 saturated heterocycles. The first kappa shape index (κ1) is 15.2. The van der Waals surface area contributed by atoms with Crippen molar-refractivity contribution in [1.29, 1.82) is 0 Å². The summed E-state index contributed by atoms with van der Waals surface area (Å²) in [4.78, 5) is 39.9. The molecule has 1 heterocycles. The Bertz CT molecular complexity index is 381. The lowest BCUT2D eigenvalue weighted by Crippen LogP contribution is -2.34. The molecule has 0 spiro atoms. The summed E-state index contributed by atoms with van der Waals surface area (Å²) in [7, 11) is 0. The largest absolute Gasteiger partial charge is 0.297 e. The first-order chi connectivity index (χ1) is 9.49. The predicted molar refractivity (Wildman–Crippen MR) is 72.3 cm³/mol. The van der Waals surface area contributed by atoms with E-state index in [0.717, 1.165) is 30.7 Å². The van der Waals surface area contributed by atoms with Crippen molar-refractivity contribution in [3.05, 3.63) is 0 Å². The van der Waals surface area contributed by atoms with E-state index < -0.39 is 0 Å². The smallest absolute Gasteiger partial charge is 0.254 e. The first-order valence-electron chi connectivity index (χ1n) is 7.50. The van der Waals surface area contributed by atoms with Crippen molar-refractivity contribution in [1.82, 2.24) is 5.06 Å². The minimum absolute atomic E-state index is 0.0136. The number of carbonyl (C=O) groups excluding carboxylic acids is 3. The van der Waals surface area contributed by atoms with Gasteiger partial charge in [0, 0.05) is 18.8 Å². The summed E-state index contributed by atoms with van der Waals surface area (Å²) in [5.41, 5.74) is 0. The molecule has 2 amide bonds. The van der Waals surface area contributed by atoms with Crippen LogP contribution in [-0.4, -0.2) is 29.3 Å². The maximum atomic E-state index is 12.1. The molecule has 5 heteroatoms. The Morgan fingerprint density at radius 3 is 2.20 bits per heavy atom. The van der Waals surface area contributed by atoms with Gasteiger partial charge in [-0.25, -0.2) is 0 Å². The summed E-state index contributed by atoms with van der Waals surface area (Å²) < 4.78 is 0. The number of amides is 2. The van der Waals surface area contributed by atoms with E-state index in [9.17, 15) is 14.4 Å². The molecule has 1 saturated carbocycles. The molecule has 5 nitrogen and oxygen atoms in total. The molecule has 0 atom stereocenters. The van der Waals surface area contributed by atoms with Crippen molar-refractivity contribution in [2.75, 3.05) is 6.61 Å². The van der Waals surface area contributed by atoms with Crippen LogP contribution in [0, 0.1) is 17.8 Å². The quantitative estimate of drug-likeness (QED) is 0.724. The van der Waals surface area contributed by atoms with Gasteiger partial charge in [-0.15, -0.1) is 0 Å². The number of hydrogen-bond donors (Lipinski definition) is 0. The second-order valence-electron chi connectivity index (χ2n) is 6.18. The molecule has 2 rings (SSSR count). The molecule has 0 aromatic carbocycles. The van der Waals surface area contributed by atoms with Gasteiger partial charge in [0.25, 0.3) is 11.8 Å². The minimum atomic E-state index is -0.341. The summed E-state index contributed by atoms with van der Waals surface area (Å²) in [6.45, 7) is 4.29. The molecule has 1 aliphatic carbocycles. The Morgan fingerprint density at radius 2 is 1.70 bits per heavy atom. The van der Waals surface area contributed by atoms with Crippen molar-refractivity contribution < 1.29 is 19.2 Å². The van der Waals surface area contributed by atoms with Crippen molar-refractivity contribution in [3.8, 4) is 0 Å². The zero-order valence-electron chi connectivity index (χ0n) is 12.3. The third kappa shape index (κ3) is 3.45. The highest BCUT2D eigenvalue weighted by Gasteiger charge is 2.32. The molecule has 0 N–H and O–H groups in total. The minimum Gasteiger partial charge on any atom is -0.297 e. The van der Waals surface area contributed by atoms with Gasteiger partial charge < -0.3 is 0 Å². The Kier molecular flexibility index (Phi) is 4.91. The number of nitrogens with zero attached hydrogens (tertiary/aromatic N) is 1. The van der Waals surface area contributed by atoms with Crippen LogP contribution >= 0.6 is 0 Å². The van der Waals surface area contributed by atoms with E-state index in [4.69, 9.17) is 4.84 Å². The molecule has 20 heavy (non-hydrogen) atoms.